The van der Waals surface area contributed by atoms with E-state index in [2.05, 4.69) is 11.1 Å². The van der Waals surface area contributed by atoms with E-state index in [0.717, 1.165) is 16.8 Å². The third-order valence-electron chi connectivity index (χ3n) is 3.37. The molecule has 0 bridgehead atoms. The van der Waals surface area contributed by atoms with E-state index in [4.69, 9.17) is 10.2 Å². The molecule has 0 fully saturated rings. The van der Waals surface area contributed by atoms with Crippen LogP contribution in [0.1, 0.15) is 11.1 Å². The molecule has 0 amide bonds. The van der Waals surface area contributed by atoms with Gasteiger partial charge in [-0.25, -0.2) is 4.98 Å². The lowest BCUT2D eigenvalue weighted by atomic mass is 10.0. The number of nitrogens with zero attached hydrogens (tertiary/aromatic N) is 2. The van der Waals surface area contributed by atoms with Crippen LogP contribution < -0.4 is 5.73 Å². The van der Waals surface area contributed by atoms with Crippen LogP contribution in [0.5, 0.6) is 0 Å². The molecule has 2 N–H and O–H groups in total. The molecule has 0 saturated heterocycles. The van der Waals surface area contributed by atoms with Gasteiger partial charge < -0.3 is 10.2 Å². The smallest absolute Gasteiger partial charge is 0.142 e. The number of pyridine rings is 1. The summed E-state index contributed by atoms with van der Waals surface area (Å²) in [6.07, 6.45) is 1.57. The third kappa shape index (κ3) is 2.26. The van der Waals surface area contributed by atoms with E-state index < -0.39 is 0 Å². The highest BCUT2D eigenvalue weighted by atomic mass is 16.3. The SMILES string of the molecule is Cc1ccccc1-c1cc(-c2ccco2)c(C#N)c(N)n1. The van der Waals surface area contributed by atoms with Crippen LogP contribution in [-0.2, 0) is 0 Å². The summed E-state index contributed by atoms with van der Waals surface area (Å²) < 4.78 is 5.40. The number of nitriles is 1. The van der Waals surface area contributed by atoms with Crippen LogP contribution >= 0.6 is 0 Å². The van der Waals surface area contributed by atoms with Gasteiger partial charge in [0.1, 0.15) is 23.2 Å². The fourth-order valence-corrected chi connectivity index (χ4v) is 2.31. The second-order valence-corrected chi connectivity index (χ2v) is 4.72. The van der Waals surface area contributed by atoms with Gasteiger partial charge in [-0.1, -0.05) is 24.3 Å². The number of anilines is 1. The number of furan rings is 1. The molecule has 3 aromatic rings. The summed E-state index contributed by atoms with van der Waals surface area (Å²) in [5.41, 5.74) is 9.76. The van der Waals surface area contributed by atoms with Crippen molar-refractivity contribution in [3.63, 3.8) is 0 Å². The van der Waals surface area contributed by atoms with E-state index in [9.17, 15) is 5.26 Å². The van der Waals surface area contributed by atoms with E-state index in [-0.39, 0.29) is 5.82 Å². The van der Waals surface area contributed by atoms with Crippen molar-refractivity contribution in [1.29, 1.82) is 5.26 Å². The molecule has 1 aromatic carbocycles. The van der Waals surface area contributed by atoms with Gasteiger partial charge in [0, 0.05) is 11.1 Å². The average molecular weight is 275 g/mol. The number of aryl methyl sites for hydroxylation is 1. The minimum absolute atomic E-state index is 0.213. The Morgan fingerprint density at radius 3 is 2.62 bits per heavy atom. The van der Waals surface area contributed by atoms with E-state index in [1.165, 1.54) is 0 Å². The first kappa shape index (κ1) is 12.9. The molecule has 21 heavy (non-hydrogen) atoms. The zero-order valence-electron chi connectivity index (χ0n) is 11.5. The van der Waals surface area contributed by atoms with Crippen molar-refractivity contribution < 1.29 is 4.42 Å². The highest BCUT2D eigenvalue weighted by molar-refractivity contribution is 5.78. The van der Waals surface area contributed by atoms with Crippen LogP contribution in [0.15, 0.2) is 53.1 Å². The van der Waals surface area contributed by atoms with Crippen molar-refractivity contribution in [2.45, 2.75) is 6.92 Å². The largest absolute Gasteiger partial charge is 0.464 e. The lowest BCUT2D eigenvalue weighted by Crippen LogP contribution is -2.00. The number of hydrogen-bond acceptors (Lipinski definition) is 4. The Bertz CT molecular complexity index is 830. The van der Waals surface area contributed by atoms with Crippen LogP contribution in [0.4, 0.5) is 5.82 Å². The number of rotatable bonds is 2. The number of nitrogens with two attached hydrogens (primary N) is 1. The quantitative estimate of drug-likeness (QED) is 0.772. The second kappa shape index (κ2) is 5.14. The Morgan fingerprint density at radius 2 is 1.95 bits per heavy atom. The van der Waals surface area contributed by atoms with Gasteiger partial charge in [0.05, 0.1) is 12.0 Å². The van der Waals surface area contributed by atoms with Gasteiger partial charge in [-0.05, 0) is 30.7 Å². The minimum atomic E-state index is 0.213. The van der Waals surface area contributed by atoms with Crippen LogP contribution in [0.3, 0.4) is 0 Å². The predicted molar refractivity (Wildman–Crippen MR) is 81.2 cm³/mol. The van der Waals surface area contributed by atoms with Crippen LogP contribution in [0, 0.1) is 18.3 Å². The standard InChI is InChI=1S/C17H13N3O/c1-11-5-2-3-6-12(11)15-9-13(16-7-4-8-21-16)14(10-18)17(19)20-15/h2-9H,1H3,(H2,19,20). The molecule has 102 valence electrons. The highest BCUT2D eigenvalue weighted by Gasteiger charge is 2.15. The van der Waals surface area contributed by atoms with E-state index in [1.54, 1.807) is 18.4 Å². The third-order valence-corrected chi connectivity index (χ3v) is 3.37. The van der Waals surface area contributed by atoms with Crippen molar-refractivity contribution in [3.8, 4) is 28.7 Å². The van der Waals surface area contributed by atoms with Crippen molar-refractivity contribution in [3.05, 3.63) is 59.9 Å². The maximum atomic E-state index is 9.30. The van der Waals surface area contributed by atoms with Crippen molar-refractivity contribution in [1.82, 2.24) is 4.98 Å². The molecule has 0 unspecified atom stereocenters. The minimum Gasteiger partial charge on any atom is -0.464 e. The molecule has 0 aliphatic heterocycles. The Labute approximate surface area is 122 Å². The fraction of sp³-hybridized carbons (Fsp3) is 0.0588. The van der Waals surface area contributed by atoms with E-state index in [0.29, 0.717) is 16.9 Å². The summed E-state index contributed by atoms with van der Waals surface area (Å²) in [6, 6.07) is 15.4. The normalized spacial score (nSPS) is 10.3. The molecule has 0 spiro atoms. The summed E-state index contributed by atoms with van der Waals surface area (Å²) in [5, 5.41) is 9.30. The van der Waals surface area contributed by atoms with Crippen LogP contribution in [0.25, 0.3) is 22.6 Å². The van der Waals surface area contributed by atoms with Crippen molar-refractivity contribution in [2.75, 3.05) is 5.73 Å². The van der Waals surface area contributed by atoms with E-state index >= 15 is 0 Å². The van der Waals surface area contributed by atoms with Crippen molar-refractivity contribution >= 4 is 5.82 Å². The highest BCUT2D eigenvalue weighted by Crippen LogP contribution is 2.32. The van der Waals surface area contributed by atoms with E-state index in [1.807, 2.05) is 37.3 Å². The van der Waals surface area contributed by atoms with Gasteiger partial charge in [0.2, 0.25) is 0 Å². The molecule has 0 aliphatic carbocycles. The first-order chi connectivity index (χ1) is 10.2. The lowest BCUT2D eigenvalue weighted by Gasteiger charge is -2.10. The number of benzene rings is 1. The maximum absolute atomic E-state index is 9.30. The van der Waals surface area contributed by atoms with Gasteiger partial charge in [-0.2, -0.15) is 5.26 Å². The molecule has 0 aliphatic rings. The Morgan fingerprint density at radius 1 is 1.14 bits per heavy atom. The Kier molecular flexibility index (Phi) is 3.17. The Hall–Kier alpha value is -3.06. The molecular formula is C17H13N3O. The fourth-order valence-electron chi connectivity index (χ4n) is 2.31. The molecular weight excluding hydrogens is 262 g/mol. The molecule has 3 rings (SSSR count). The van der Waals surface area contributed by atoms with Gasteiger partial charge in [-0.15, -0.1) is 0 Å². The number of aromatic nitrogens is 1. The molecule has 4 heteroatoms. The Balaban J connectivity index is 2.26. The molecule has 0 saturated carbocycles. The second-order valence-electron chi connectivity index (χ2n) is 4.72. The average Bonchev–Trinajstić information content (AvgIpc) is 3.01. The summed E-state index contributed by atoms with van der Waals surface area (Å²) in [4.78, 5) is 4.36. The lowest BCUT2D eigenvalue weighted by molar-refractivity contribution is 0.582. The van der Waals surface area contributed by atoms with Gasteiger partial charge in [-0.3, -0.25) is 0 Å². The summed E-state index contributed by atoms with van der Waals surface area (Å²) in [6.45, 7) is 2.01. The molecule has 0 atom stereocenters. The van der Waals surface area contributed by atoms with Crippen LogP contribution in [0.2, 0.25) is 0 Å². The zero-order chi connectivity index (χ0) is 14.8. The van der Waals surface area contributed by atoms with Gasteiger partial charge in [0.15, 0.2) is 0 Å². The summed E-state index contributed by atoms with van der Waals surface area (Å²) in [5.74, 6) is 0.820. The zero-order valence-corrected chi connectivity index (χ0v) is 11.5. The molecule has 4 nitrogen and oxygen atoms in total. The topological polar surface area (TPSA) is 75.8 Å². The van der Waals surface area contributed by atoms with Crippen LogP contribution in [-0.4, -0.2) is 4.98 Å². The molecule has 2 aromatic heterocycles. The van der Waals surface area contributed by atoms with Crippen molar-refractivity contribution in [2.24, 2.45) is 0 Å². The molecule has 0 radical (unpaired) electrons. The first-order valence-corrected chi connectivity index (χ1v) is 6.51. The maximum Gasteiger partial charge on any atom is 0.142 e. The van der Waals surface area contributed by atoms with Gasteiger partial charge >= 0.3 is 0 Å². The van der Waals surface area contributed by atoms with Gasteiger partial charge in [0.25, 0.3) is 0 Å². The molecule has 2 heterocycles. The predicted octanol–water partition coefficient (Wildman–Crippen LogP) is 3.77. The first-order valence-electron chi connectivity index (χ1n) is 6.51. The number of nitrogen functional groups attached to an aromatic ring is 1. The monoisotopic (exact) mass is 275 g/mol. The summed E-state index contributed by atoms with van der Waals surface area (Å²) >= 11 is 0. The summed E-state index contributed by atoms with van der Waals surface area (Å²) in [7, 11) is 0. The number of hydrogen-bond donors (Lipinski definition) is 1.